The molecule has 10 nitrogen and oxygen atoms in total. The van der Waals surface area contributed by atoms with Crippen molar-refractivity contribution in [1.29, 1.82) is 0 Å². The highest BCUT2D eigenvalue weighted by Crippen LogP contribution is 2.42. The zero-order valence-corrected chi connectivity index (χ0v) is 23.6. The van der Waals surface area contributed by atoms with Gasteiger partial charge >= 0.3 is 6.09 Å². The smallest absolute Gasteiger partial charge is 0.415 e. The summed E-state index contributed by atoms with van der Waals surface area (Å²) in [5.74, 6) is 1.29. The number of sulfone groups is 1. The topological polar surface area (TPSA) is 122 Å². The molecule has 1 unspecified atom stereocenters. The van der Waals surface area contributed by atoms with Crippen LogP contribution in [0.2, 0.25) is 0 Å². The van der Waals surface area contributed by atoms with Crippen molar-refractivity contribution in [1.82, 2.24) is 14.9 Å². The summed E-state index contributed by atoms with van der Waals surface area (Å²) in [6.07, 6.45) is 3.66. The third-order valence-electron chi connectivity index (χ3n) is 7.47. The molecule has 0 spiro atoms. The quantitative estimate of drug-likeness (QED) is 0.434. The minimum Gasteiger partial charge on any atom is -0.449 e. The number of carbonyl (C=O) groups is 2. The highest BCUT2D eigenvalue weighted by Gasteiger charge is 2.41. The molecular formula is C27H29N5O5S2. The fourth-order valence-corrected chi connectivity index (χ4v) is 7.15. The predicted octanol–water partition coefficient (Wildman–Crippen LogP) is 4.76. The Morgan fingerprint density at radius 1 is 1.18 bits per heavy atom. The van der Waals surface area contributed by atoms with E-state index in [4.69, 9.17) is 4.74 Å². The molecule has 1 N–H and O–H groups in total. The molecule has 2 aromatic heterocycles. The van der Waals surface area contributed by atoms with Crippen molar-refractivity contribution >= 4 is 49.9 Å². The Bertz CT molecular complexity index is 1600. The van der Waals surface area contributed by atoms with Gasteiger partial charge < -0.3 is 15.0 Å². The summed E-state index contributed by atoms with van der Waals surface area (Å²) in [5.41, 5.74) is 2.47. The van der Waals surface area contributed by atoms with Gasteiger partial charge in [0.2, 0.25) is 0 Å². The van der Waals surface area contributed by atoms with Gasteiger partial charge in [-0.1, -0.05) is 17.4 Å². The van der Waals surface area contributed by atoms with E-state index in [9.17, 15) is 18.0 Å². The number of hydrogen-bond donors (Lipinski definition) is 1. The lowest BCUT2D eigenvalue weighted by atomic mass is 10.0. The van der Waals surface area contributed by atoms with E-state index in [0.717, 1.165) is 41.7 Å². The standard InChI is InChI=1S/C27H29N5O5S2/c1-15-24(38-26(28-15)30-21-6-4-7-22(29-21)31-10-5-11-37-27(31)34)18-12-19-14-32(16(2)17-8-9-17)25(33)23(19)20(13-18)39(3,35)36/h4,6-7,12-13,16-17H,5,8-11,14H2,1-3H3,(H,28,29,30). The molecule has 1 saturated heterocycles. The van der Waals surface area contributed by atoms with Gasteiger partial charge in [0.05, 0.1) is 27.6 Å². The Labute approximate surface area is 230 Å². The van der Waals surface area contributed by atoms with Crippen molar-refractivity contribution in [2.24, 2.45) is 5.92 Å². The molecule has 2 fully saturated rings. The number of aromatic nitrogens is 2. The largest absolute Gasteiger partial charge is 0.449 e. The lowest BCUT2D eigenvalue weighted by Gasteiger charge is -2.25. The molecule has 1 saturated carbocycles. The maximum atomic E-state index is 13.3. The lowest BCUT2D eigenvalue weighted by Crippen LogP contribution is -2.38. The molecular weight excluding hydrogens is 538 g/mol. The van der Waals surface area contributed by atoms with Crippen LogP contribution in [0.5, 0.6) is 0 Å². The first-order chi connectivity index (χ1) is 18.6. The number of hydrogen-bond acceptors (Lipinski definition) is 9. The highest BCUT2D eigenvalue weighted by molar-refractivity contribution is 7.90. The first-order valence-electron chi connectivity index (χ1n) is 12.9. The van der Waals surface area contributed by atoms with Gasteiger partial charge in [-0.25, -0.2) is 23.2 Å². The number of fused-ring (bicyclic) bond motifs is 1. The number of nitrogens with zero attached hydrogens (tertiary/aromatic N) is 4. The molecule has 39 heavy (non-hydrogen) atoms. The van der Waals surface area contributed by atoms with Crippen LogP contribution in [0.4, 0.5) is 21.6 Å². The van der Waals surface area contributed by atoms with Gasteiger partial charge in [-0.2, -0.15) is 0 Å². The van der Waals surface area contributed by atoms with E-state index < -0.39 is 15.9 Å². The first-order valence-corrected chi connectivity index (χ1v) is 15.6. The van der Waals surface area contributed by atoms with E-state index >= 15 is 0 Å². The minimum absolute atomic E-state index is 0.0654. The Kier molecular flexibility index (Phi) is 6.34. The molecule has 1 aromatic carbocycles. The number of amides is 2. The SMILES string of the molecule is Cc1nc(Nc2cccc(N3CCCOC3=O)n2)sc1-c1cc2c(c(S(C)(=O)=O)c1)C(=O)N(C(C)C1CC1)C2. The van der Waals surface area contributed by atoms with Crippen LogP contribution in [-0.4, -0.2) is 60.7 Å². The molecule has 2 amide bonds. The van der Waals surface area contributed by atoms with Gasteiger partial charge in [0.1, 0.15) is 11.6 Å². The van der Waals surface area contributed by atoms with Crippen LogP contribution >= 0.6 is 11.3 Å². The van der Waals surface area contributed by atoms with Crippen molar-refractivity contribution in [3.8, 4) is 10.4 Å². The summed E-state index contributed by atoms with van der Waals surface area (Å²) in [6.45, 7) is 5.26. The third kappa shape index (κ3) is 4.87. The van der Waals surface area contributed by atoms with E-state index in [1.807, 2.05) is 24.8 Å². The Morgan fingerprint density at radius 3 is 2.69 bits per heavy atom. The number of aryl methyl sites for hydroxylation is 1. The number of nitrogens with one attached hydrogen (secondary N) is 1. The van der Waals surface area contributed by atoms with Crippen LogP contribution in [-0.2, 0) is 21.1 Å². The molecule has 2 aliphatic heterocycles. The van der Waals surface area contributed by atoms with Crippen LogP contribution in [0.15, 0.2) is 35.2 Å². The Balaban J connectivity index is 1.31. The fourth-order valence-electron chi connectivity index (χ4n) is 5.26. The molecule has 0 bridgehead atoms. The van der Waals surface area contributed by atoms with Crippen LogP contribution in [0.25, 0.3) is 10.4 Å². The molecule has 1 atom stereocenters. The summed E-state index contributed by atoms with van der Waals surface area (Å²) in [4.78, 5) is 38.8. The monoisotopic (exact) mass is 567 g/mol. The summed E-state index contributed by atoms with van der Waals surface area (Å²) in [6, 6.07) is 8.94. The number of cyclic esters (lactones) is 1. The van der Waals surface area contributed by atoms with E-state index in [2.05, 4.69) is 15.3 Å². The third-order valence-corrected chi connectivity index (χ3v) is 9.71. The summed E-state index contributed by atoms with van der Waals surface area (Å²) < 4.78 is 30.8. The summed E-state index contributed by atoms with van der Waals surface area (Å²) in [7, 11) is -3.65. The number of anilines is 3. The van der Waals surface area contributed by atoms with E-state index in [1.165, 1.54) is 16.2 Å². The average Bonchev–Trinajstić information content (AvgIpc) is 3.61. The Hall–Kier alpha value is -3.51. The molecule has 12 heteroatoms. The average molecular weight is 568 g/mol. The zero-order chi connectivity index (χ0) is 27.5. The van der Waals surface area contributed by atoms with Crippen LogP contribution in [0.3, 0.4) is 0 Å². The number of ether oxygens (including phenoxy) is 1. The van der Waals surface area contributed by atoms with Gasteiger partial charge in [0.25, 0.3) is 5.91 Å². The molecule has 6 rings (SSSR count). The van der Waals surface area contributed by atoms with Crippen molar-refractivity contribution in [3.05, 3.63) is 47.2 Å². The highest BCUT2D eigenvalue weighted by atomic mass is 32.2. The Morgan fingerprint density at radius 2 is 1.97 bits per heavy atom. The second-order valence-electron chi connectivity index (χ2n) is 10.4. The van der Waals surface area contributed by atoms with Gasteiger partial charge in [-0.3, -0.25) is 9.69 Å². The number of pyridine rings is 1. The normalized spacial score (nSPS) is 18.2. The number of thiazole rings is 1. The molecule has 1 aliphatic carbocycles. The number of benzene rings is 1. The van der Waals surface area contributed by atoms with E-state index in [-0.39, 0.29) is 16.8 Å². The van der Waals surface area contributed by atoms with Crippen LogP contribution in [0.1, 0.15) is 47.8 Å². The second-order valence-corrected chi connectivity index (χ2v) is 13.3. The maximum absolute atomic E-state index is 13.3. The van der Waals surface area contributed by atoms with Crippen molar-refractivity contribution in [2.75, 3.05) is 29.6 Å². The number of rotatable bonds is 7. The summed E-state index contributed by atoms with van der Waals surface area (Å²) in [5, 5.41) is 3.79. The fraction of sp³-hybridized carbons (Fsp3) is 0.407. The van der Waals surface area contributed by atoms with Gasteiger partial charge in [-0.05, 0) is 74.4 Å². The minimum atomic E-state index is -3.65. The van der Waals surface area contributed by atoms with Crippen LogP contribution in [0, 0.1) is 12.8 Å². The predicted molar refractivity (Wildman–Crippen MR) is 148 cm³/mol. The van der Waals surface area contributed by atoms with Gasteiger partial charge in [0.15, 0.2) is 15.0 Å². The molecule has 4 heterocycles. The van der Waals surface area contributed by atoms with Crippen LogP contribution < -0.4 is 10.2 Å². The van der Waals surface area contributed by atoms with E-state index in [0.29, 0.717) is 53.5 Å². The maximum Gasteiger partial charge on any atom is 0.415 e. The van der Waals surface area contributed by atoms with E-state index in [1.54, 1.807) is 24.3 Å². The van der Waals surface area contributed by atoms with Gasteiger partial charge in [-0.15, -0.1) is 0 Å². The second kappa shape index (κ2) is 9.60. The zero-order valence-electron chi connectivity index (χ0n) is 21.9. The van der Waals surface area contributed by atoms with Crippen molar-refractivity contribution in [3.63, 3.8) is 0 Å². The number of carbonyl (C=O) groups excluding carboxylic acids is 2. The molecule has 0 radical (unpaired) electrons. The lowest BCUT2D eigenvalue weighted by molar-refractivity contribution is 0.0694. The van der Waals surface area contributed by atoms with Crippen molar-refractivity contribution < 1.29 is 22.7 Å². The van der Waals surface area contributed by atoms with Gasteiger partial charge in [0, 0.05) is 25.4 Å². The van der Waals surface area contributed by atoms with Crippen molar-refractivity contribution in [2.45, 2.75) is 50.6 Å². The molecule has 204 valence electrons. The molecule has 3 aromatic rings. The summed E-state index contributed by atoms with van der Waals surface area (Å²) >= 11 is 1.38. The molecule has 3 aliphatic rings. The first kappa shape index (κ1) is 25.8.